The number of carbonyl (C=O) groups excluding carboxylic acids is 1. The van der Waals surface area contributed by atoms with Crippen molar-refractivity contribution >= 4 is 6.03 Å². The number of nitrogens with one attached hydrogen (secondary N) is 2. The van der Waals surface area contributed by atoms with Crippen LogP contribution in [0.1, 0.15) is 32.6 Å². The monoisotopic (exact) mass is 211 g/mol. The van der Waals surface area contributed by atoms with Gasteiger partial charge in [-0.15, -0.1) is 0 Å². The van der Waals surface area contributed by atoms with Crippen LogP contribution < -0.4 is 10.6 Å². The van der Waals surface area contributed by atoms with Crippen molar-refractivity contribution in [1.29, 1.82) is 0 Å². The Morgan fingerprint density at radius 3 is 2.80 bits per heavy atom. The van der Waals surface area contributed by atoms with Crippen molar-refractivity contribution in [3.05, 3.63) is 0 Å². The average Bonchev–Trinajstić information content (AvgIpc) is 2.70. The van der Waals surface area contributed by atoms with Gasteiger partial charge in [0.15, 0.2) is 0 Å². The zero-order valence-electron chi connectivity index (χ0n) is 9.46. The van der Waals surface area contributed by atoms with Crippen molar-refractivity contribution in [2.45, 2.75) is 44.7 Å². The molecule has 2 fully saturated rings. The Labute approximate surface area is 91.4 Å². The Morgan fingerprint density at radius 1 is 1.40 bits per heavy atom. The van der Waals surface area contributed by atoms with Gasteiger partial charge in [0.25, 0.3) is 0 Å². The lowest BCUT2D eigenvalue weighted by Crippen LogP contribution is -2.55. The quantitative estimate of drug-likeness (QED) is 0.678. The van der Waals surface area contributed by atoms with E-state index in [1.807, 2.05) is 4.90 Å². The van der Waals surface area contributed by atoms with Crippen LogP contribution in [0.4, 0.5) is 4.79 Å². The van der Waals surface area contributed by atoms with Crippen LogP contribution >= 0.6 is 0 Å². The predicted molar refractivity (Wildman–Crippen MR) is 59.8 cm³/mol. The first-order valence-corrected chi connectivity index (χ1v) is 6.04. The summed E-state index contributed by atoms with van der Waals surface area (Å²) in [6.45, 7) is 4.70. The van der Waals surface area contributed by atoms with E-state index in [9.17, 15) is 4.79 Å². The molecule has 4 heteroatoms. The van der Waals surface area contributed by atoms with E-state index in [1.165, 1.54) is 12.8 Å². The lowest BCUT2D eigenvalue weighted by molar-refractivity contribution is 0.176. The molecule has 0 aromatic heterocycles. The van der Waals surface area contributed by atoms with E-state index in [-0.39, 0.29) is 6.03 Å². The van der Waals surface area contributed by atoms with Crippen LogP contribution in [0.15, 0.2) is 0 Å². The Hall–Kier alpha value is -0.770. The number of carbonyl (C=O) groups is 1. The van der Waals surface area contributed by atoms with Crippen LogP contribution in [-0.2, 0) is 0 Å². The molecule has 1 saturated heterocycles. The molecule has 86 valence electrons. The highest BCUT2D eigenvalue weighted by Gasteiger charge is 2.23. The van der Waals surface area contributed by atoms with Crippen LogP contribution in [0.25, 0.3) is 0 Å². The van der Waals surface area contributed by atoms with Gasteiger partial charge in [-0.25, -0.2) is 4.79 Å². The number of urea groups is 1. The van der Waals surface area contributed by atoms with Crippen LogP contribution in [-0.4, -0.2) is 42.6 Å². The molecule has 1 unspecified atom stereocenters. The molecule has 0 bridgehead atoms. The molecule has 1 atom stereocenters. The third-order valence-corrected chi connectivity index (χ3v) is 3.34. The Kier molecular flexibility index (Phi) is 3.46. The maximum absolute atomic E-state index is 11.9. The zero-order valence-corrected chi connectivity index (χ0v) is 9.46. The largest absolute Gasteiger partial charge is 0.335 e. The molecule has 1 aliphatic carbocycles. The summed E-state index contributed by atoms with van der Waals surface area (Å²) in [7, 11) is 0. The van der Waals surface area contributed by atoms with E-state index in [0.29, 0.717) is 12.1 Å². The topological polar surface area (TPSA) is 44.4 Å². The van der Waals surface area contributed by atoms with Gasteiger partial charge in [-0.2, -0.15) is 0 Å². The zero-order chi connectivity index (χ0) is 10.7. The van der Waals surface area contributed by atoms with Crippen LogP contribution in [0.5, 0.6) is 0 Å². The van der Waals surface area contributed by atoms with Gasteiger partial charge in [0, 0.05) is 31.7 Å². The Bertz CT molecular complexity index is 226. The summed E-state index contributed by atoms with van der Waals surface area (Å²) in [6, 6.07) is 0.992. The number of amides is 2. The Morgan fingerprint density at radius 2 is 2.13 bits per heavy atom. The SMILES string of the molecule is CC1CN(C(=O)NC2CCCC2)CCN1. The first kappa shape index (κ1) is 10.7. The molecule has 0 spiro atoms. The lowest BCUT2D eigenvalue weighted by atomic mass is 10.2. The van der Waals surface area contributed by atoms with Gasteiger partial charge in [0.05, 0.1) is 0 Å². The minimum Gasteiger partial charge on any atom is -0.335 e. The maximum atomic E-state index is 11.9. The third-order valence-electron chi connectivity index (χ3n) is 3.34. The molecule has 0 aromatic rings. The smallest absolute Gasteiger partial charge is 0.317 e. The highest BCUT2D eigenvalue weighted by molar-refractivity contribution is 5.74. The number of hydrogen-bond donors (Lipinski definition) is 2. The van der Waals surface area contributed by atoms with Crippen molar-refractivity contribution in [3.63, 3.8) is 0 Å². The summed E-state index contributed by atoms with van der Waals surface area (Å²) in [5, 5.41) is 6.47. The summed E-state index contributed by atoms with van der Waals surface area (Å²) < 4.78 is 0. The van der Waals surface area contributed by atoms with Gasteiger partial charge < -0.3 is 15.5 Å². The predicted octanol–water partition coefficient (Wildman–Crippen LogP) is 0.932. The molecule has 2 amide bonds. The summed E-state index contributed by atoms with van der Waals surface area (Å²) >= 11 is 0. The number of rotatable bonds is 1. The van der Waals surface area contributed by atoms with Crippen molar-refractivity contribution in [2.24, 2.45) is 0 Å². The molecule has 0 radical (unpaired) electrons. The van der Waals surface area contributed by atoms with Crippen molar-refractivity contribution in [2.75, 3.05) is 19.6 Å². The second-order valence-electron chi connectivity index (χ2n) is 4.73. The van der Waals surface area contributed by atoms with E-state index < -0.39 is 0 Å². The fraction of sp³-hybridized carbons (Fsp3) is 0.909. The van der Waals surface area contributed by atoms with E-state index in [0.717, 1.165) is 32.5 Å². The molecular weight excluding hydrogens is 190 g/mol. The fourth-order valence-corrected chi connectivity index (χ4v) is 2.45. The minimum absolute atomic E-state index is 0.134. The number of hydrogen-bond acceptors (Lipinski definition) is 2. The van der Waals surface area contributed by atoms with Gasteiger partial charge >= 0.3 is 6.03 Å². The molecule has 2 N–H and O–H groups in total. The second kappa shape index (κ2) is 4.84. The van der Waals surface area contributed by atoms with Crippen LogP contribution in [0.2, 0.25) is 0 Å². The summed E-state index contributed by atoms with van der Waals surface area (Å²) in [5.74, 6) is 0. The van der Waals surface area contributed by atoms with E-state index in [2.05, 4.69) is 17.6 Å². The molecule has 2 aliphatic rings. The molecule has 2 rings (SSSR count). The normalized spacial score (nSPS) is 28.1. The lowest BCUT2D eigenvalue weighted by Gasteiger charge is -2.32. The van der Waals surface area contributed by atoms with Gasteiger partial charge in [-0.05, 0) is 19.8 Å². The van der Waals surface area contributed by atoms with E-state index in [1.54, 1.807) is 0 Å². The van der Waals surface area contributed by atoms with Crippen LogP contribution in [0.3, 0.4) is 0 Å². The highest BCUT2D eigenvalue weighted by atomic mass is 16.2. The van der Waals surface area contributed by atoms with Gasteiger partial charge in [0.1, 0.15) is 0 Å². The summed E-state index contributed by atoms with van der Waals surface area (Å²) in [4.78, 5) is 13.8. The van der Waals surface area contributed by atoms with Crippen molar-refractivity contribution in [3.8, 4) is 0 Å². The molecular formula is C11H21N3O. The van der Waals surface area contributed by atoms with E-state index >= 15 is 0 Å². The van der Waals surface area contributed by atoms with Crippen LogP contribution in [0, 0.1) is 0 Å². The molecule has 15 heavy (non-hydrogen) atoms. The summed E-state index contributed by atoms with van der Waals surface area (Å²) in [6.07, 6.45) is 4.85. The van der Waals surface area contributed by atoms with E-state index in [4.69, 9.17) is 0 Å². The Balaban J connectivity index is 1.78. The molecule has 1 heterocycles. The first-order chi connectivity index (χ1) is 7.25. The fourth-order valence-electron chi connectivity index (χ4n) is 2.45. The number of nitrogens with zero attached hydrogens (tertiary/aromatic N) is 1. The van der Waals surface area contributed by atoms with Crippen molar-refractivity contribution < 1.29 is 4.79 Å². The highest BCUT2D eigenvalue weighted by Crippen LogP contribution is 2.17. The molecule has 0 aromatic carbocycles. The van der Waals surface area contributed by atoms with Gasteiger partial charge in [0.2, 0.25) is 0 Å². The molecule has 4 nitrogen and oxygen atoms in total. The number of piperazine rings is 1. The average molecular weight is 211 g/mol. The molecule has 1 saturated carbocycles. The third kappa shape index (κ3) is 2.84. The summed E-state index contributed by atoms with van der Waals surface area (Å²) in [5.41, 5.74) is 0. The second-order valence-corrected chi connectivity index (χ2v) is 4.73. The van der Waals surface area contributed by atoms with Gasteiger partial charge in [-0.1, -0.05) is 12.8 Å². The minimum atomic E-state index is 0.134. The standard InChI is InChI=1S/C11H21N3O/c1-9-8-14(7-6-12-9)11(15)13-10-4-2-3-5-10/h9-10,12H,2-8H2,1H3,(H,13,15). The first-order valence-electron chi connectivity index (χ1n) is 6.04. The molecule has 1 aliphatic heterocycles. The van der Waals surface area contributed by atoms with Gasteiger partial charge in [-0.3, -0.25) is 0 Å². The van der Waals surface area contributed by atoms with Crippen molar-refractivity contribution in [1.82, 2.24) is 15.5 Å². The maximum Gasteiger partial charge on any atom is 0.317 e.